The maximum Gasteiger partial charge on any atom is 0.169 e. The van der Waals surface area contributed by atoms with E-state index in [0.29, 0.717) is 5.58 Å². The third-order valence-electron chi connectivity index (χ3n) is 2.68. The molecular weight excluding hydrogens is 227 g/mol. The van der Waals surface area contributed by atoms with Gasteiger partial charge in [0.15, 0.2) is 11.4 Å². The zero-order valence-electron chi connectivity index (χ0n) is 9.34. The Morgan fingerprint density at radius 2 is 2.12 bits per heavy atom. The molecule has 16 heavy (non-hydrogen) atoms. The van der Waals surface area contributed by atoms with E-state index in [0.717, 1.165) is 17.6 Å². The lowest BCUT2D eigenvalue weighted by molar-refractivity contribution is 0.474. The van der Waals surface area contributed by atoms with Crippen LogP contribution in [0.1, 0.15) is 31.9 Å². The maximum atomic E-state index is 13.4. The summed E-state index contributed by atoms with van der Waals surface area (Å²) in [7, 11) is 0. The van der Waals surface area contributed by atoms with E-state index < -0.39 is 0 Å². The molecule has 0 bridgehead atoms. The van der Waals surface area contributed by atoms with E-state index in [1.165, 1.54) is 6.07 Å². The molecule has 1 nitrogen and oxygen atoms in total. The highest BCUT2D eigenvalue weighted by Gasteiger charge is 2.15. The predicted molar refractivity (Wildman–Crippen MR) is 64.5 cm³/mol. The predicted octanol–water partition coefficient (Wildman–Crippen LogP) is 4.69. The smallest absolute Gasteiger partial charge is 0.169 e. The van der Waals surface area contributed by atoms with E-state index in [1.54, 1.807) is 6.07 Å². The molecule has 0 aliphatic heterocycles. The van der Waals surface area contributed by atoms with Crippen LogP contribution in [0.15, 0.2) is 28.7 Å². The lowest BCUT2D eigenvalue weighted by Gasteiger charge is -2.08. The molecule has 0 fully saturated rings. The fourth-order valence-electron chi connectivity index (χ4n) is 1.89. The van der Waals surface area contributed by atoms with Gasteiger partial charge in [-0.1, -0.05) is 19.1 Å². The first-order valence-corrected chi connectivity index (χ1v) is 5.83. The number of benzene rings is 1. The molecule has 2 unspecified atom stereocenters. The van der Waals surface area contributed by atoms with Crippen LogP contribution in [0, 0.1) is 5.82 Å². The molecule has 0 amide bonds. The normalized spacial score (nSPS) is 15.2. The Morgan fingerprint density at radius 1 is 1.38 bits per heavy atom. The SMILES string of the molecule is CC(Cl)CC(C)c1cc2cccc(F)c2o1. The van der Waals surface area contributed by atoms with Crippen LogP contribution in [0.2, 0.25) is 0 Å². The second-order valence-corrected chi connectivity index (χ2v) is 4.97. The number of furan rings is 1. The minimum Gasteiger partial charge on any atom is -0.458 e. The van der Waals surface area contributed by atoms with Gasteiger partial charge < -0.3 is 4.42 Å². The van der Waals surface area contributed by atoms with E-state index in [4.69, 9.17) is 16.0 Å². The lowest BCUT2D eigenvalue weighted by atomic mass is 10.0. The molecule has 0 radical (unpaired) electrons. The second-order valence-electron chi connectivity index (χ2n) is 4.22. The van der Waals surface area contributed by atoms with E-state index >= 15 is 0 Å². The number of halogens is 2. The molecule has 3 heteroatoms. The Morgan fingerprint density at radius 3 is 2.75 bits per heavy atom. The molecule has 2 atom stereocenters. The van der Waals surface area contributed by atoms with Gasteiger partial charge >= 0.3 is 0 Å². The van der Waals surface area contributed by atoms with Crippen LogP contribution < -0.4 is 0 Å². The fourth-order valence-corrected chi connectivity index (χ4v) is 2.16. The highest BCUT2D eigenvalue weighted by molar-refractivity contribution is 6.20. The van der Waals surface area contributed by atoms with Crippen LogP contribution in [-0.2, 0) is 0 Å². The molecule has 86 valence electrons. The van der Waals surface area contributed by atoms with E-state index in [1.807, 2.05) is 26.0 Å². The summed E-state index contributed by atoms with van der Waals surface area (Å²) < 4.78 is 18.9. The van der Waals surface area contributed by atoms with Crippen LogP contribution in [0.25, 0.3) is 11.0 Å². The number of rotatable bonds is 3. The van der Waals surface area contributed by atoms with E-state index in [9.17, 15) is 4.39 Å². The average Bonchev–Trinajstić information content (AvgIpc) is 2.61. The summed E-state index contributed by atoms with van der Waals surface area (Å²) in [6.45, 7) is 3.98. The summed E-state index contributed by atoms with van der Waals surface area (Å²) in [5.41, 5.74) is 0.339. The first kappa shape index (κ1) is 11.5. The zero-order chi connectivity index (χ0) is 11.7. The van der Waals surface area contributed by atoms with Gasteiger partial charge in [-0.2, -0.15) is 0 Å². The van der Waals surface area contributed by atoms with Crippen molar-refractivity contribution >= 4 is 22.6 Å². The Kier molecular flexibility index (Phi) is 3.20. The molecule has 0 aliphatic carbocycles. The van der Waals surface area contributed by atoms with Gasteiger partial charge in [-0.05, 0) is 25.5 Å². The molecule has 2 aromatic rings. The number of hydrogen-bond acceptors (Lipinski definition) is 1. The highest BCUT2D eigenvalue weighted by atomic mass is 35.5. The molecule has 0 N–H and O–H groups in total. The first-order chi connectivity index (χ1) is 7.58. The van der Waals surface area contributed by atoms with E-state index in [-0.39, 0.29) is 17.1 Å². The van der Waals surface area contributed by atoms with Crippen molar-refractivity contribution in [2.75, 3.05) is 0 Å². The highest BCUT2D eigenvalue weighted by Crippen LogP contribution is 2.29. The summed E-state index contributed by atoms with van der Waals surface area (Å²) in [6.07, 6.45) is 0.822. The Labute approximate surface area is 99.2 Å². The summed E-state index contributed by atoms with van der Waals surface area (Å²) >= 11 is 5.94. The fraction of sp³-hybridized carbons (Fsp3) is 0.385. The van der Waals surface area contributed by atoms with Crippen molar-refractivity contribution < 1.29 is 8.81 Å². The zero-order valence-corrected chi connectivity index (χ0v) is 10.1. The molecular formula is C13H14ClFO. The van der Waals surface area contributed by atoms with Gasteiger partial charge in [-0.25, -0.2) is 4.39 Å². The van der Waals surface area contributed by atoms with Crippen molar-refractivity contribution in [3.63, 3.8) is 0 Å². The lowest BCUT2D eigenvalue weighted by Crippen LogP contribution is -1.99. The van der Waals surface area contributed by atoms with Crippen molar-refractivity contribution in [1.82, 2.24) is 0 Å². The number of para-hydroxylation sites is 1. The number of fused-ring (bicyclic) bond motifs is 1. The molecule has 0 aliphatic rings. The minimum absolute atomic E-state index is 0.0908. The van der Waals surface area contributed by atoms with Gasteiger partial charge in [-0.15, -0.1) is 11.6 Å². The first-order valence-electron chi connectivity index (χ1n) is 5.40. The molecule has 0 saturated carbocycles. The third kappa shape index (κ3) is 2.22. The van der Waals surface area contributed by atoms with Gasteiger partial charge in [-0.3, -0.25) is 0 Å². The molecule has 1 aromatic heterocycles. The molecule has 1 aromatic carbocycles. The number of hydrogen-bond donors (Lipinski definition) is 0. The Bertz CT molecular complexity index is 490. The minimum atomic E-state index is -0.310. The van der Waals surface area contributed by atoms with Gasteiger partial charge in [0.05, 0.1) is 0 Å². The maximum absolute atomic E-state index is 13.4. The second kappa shape index (κ2) is 4.46. The van der Waals surface area contributed by atoms with Crippen LogP contribution in [-0.4, -0.2) is 5.38 Å². The largest absolute Gasteiger partial charge is 0.458 e. The van der Waals surface area contributed by atoms with Crippen LogP contribution in [0.5, 0.6) is 0 Å². The van der Waals surface area contributed by atoms with Gasteiger partial charge in [0.2, 0.25) is 0 Å². The van der Waals surface area contributed by atoms with Crippen LogP contribution in [0.4, 0.5) is 4.39 Å². The summed E-state index contributed by atoms with van der Waals surface area (Å²) in [4.78, 5) is 0. The Hall–Kier alpha value is -1.02. The third-order valence-corrected chi connectivity index (χ3v) is 2.86. The molecule has 0 saturated heterocycles. The van der Waals surface area contributed by atoms with Crippen LogP contribution in [0.3, 0.4) is 0 Å². The van der Waals surface area contributed by atoms with Gasteiger partial charge in [0.25, 0.3) is 0 Å². The molecule has 2 rings (SSSR count). The van der Waals surface area contributed by atoms with Crippen molar-refractivity contribution in [3.8, 4) is 0 Å². The molecule has 0 spiro atoms. The summed E-state index contributed by atoms with van der Waals surface area (Å²) in [5, 5.41) is 0.900. The van der Waals surface area contributed by atoms with E-state index in [2.05, 4.69) is 0 Å². The van der Waals surface area contributed by atoms with Crippen molar-refractivity contribution in [2.45, 2.75) is 31.6 Å². The summed E-state index contributed by atoms with van der Waals surface area (Å²) in [5.74, 6) is 0.696. The van der Waals surface area contributed by atoms with Gasteiger partial charge in [0, 0.05) is 16.7 Å². The number of alkyl halides is 1. The summed E-state index contributed by atoms with van der Waals surface area (Å²) in [6, 6.07) is 6.83. The standard InChI is InChI=1S/C13H14ClFO/c1-8(6-9(2)14)12-7-10-4-3-5-11(15)13(10)16-12/h3-5,7-9H,6H2,1-2H3. The van der Waals surface area contributed by atoms with Crippen molar-refractivity contribution in [3.05, 3.63) is 35.8 Å². The quantitative estimate of drug-likeness (QED) is 0.710. The van der Waals surface area contributed by atoms with Crippen LogP contribution >= 0.6 is 11.6 Å². The van der Waals surface area contributed by atoms with Crippen molar-refractivity contribution in [2.24, 2.45) is 0 Å². The monoisotopic (exact) mass is 240 g/mol. The van der Waals surface area contributed by atoms with Gasteiger partial charge in [0.1, 0.15) is 5.76 Å². The topological polar surface area (TPSA) is 13.1 Å². The average molecular weight is 241 g/mol. The molecule has 1 heterocycles. The van der Waals surface area contributed by atoms with Crippen molar-refractivity contribution in [1.29, 1.82) is 0 Å². The Balaban J connectivity index is 2.36.